The summed E-state index contributed by atoms with van der Waals surface area (Å²) in [5.74, 6) is -0.230. The van der Waals surface area contributed by atoms with E-state index < -0.39 is 10.0 Å². The topological polar surface area (TPSA) is 78.0 Å². The van der Waals surface area contributed by atoms with Crippen molar-refractivity contribution in [1.82, 2.24) is 14.1 Å². The molecule has 1 fully saturated rings. The molecule has 0 spiro atoms. The molecule has 0 aliphatic carbocycles. The first kappa shape index (κ1) is 21.4. The first-order valence-corrected chi connectivity index (χ1v) is 10.8. The number of carbonyl (C=O) groups excluding carboxylic acids is 2. The van der Waals surface area contributed by atoms with E-state index in [9.17, 15) is 18.0 Å². The average Bonchev–Trinajstić information content (AvgIpc) is 2.68. The zero-order valence-corrected chi connectivity index (χ0v) is 17.3. The largest absolute Gasteiger partial charge is 0.340 e. The quantitative estimate of drug-likeness (QED) is 0.736. The van der Waals surface area contributed by atoms with Gasteiger partial charge in [0, 0.05) is 51.8 Å². The Morgan fingerprint density at radius 2 is 1.70 bits per heavy atom. The summed E-state index contributed by atoms with van der Waals surface area (Å²) in [6.45, 7) is 6.81. The van der Waals surface area contributed by atoms with E-state index in [2.05, 4.69) is 0 Å². The molecular formula is C19H29N3O4S. The highest BCUT2D eigenvalue weighted by atomic mass is 32.2. The summed E-state index contributed by atoms with van der Waals surface area (Å²) < 4.78 is 27.3. The maximum Gasteiger partial charge on any atom is 0.253 e. The van der Waals surface area contributed by atoms with Gasteiger partial charge in [0.25, 0.3) is 5.91 Å². The third kappa shape index (κ3) is 4.68. The van der Waals surface area contributed by atoms with Crippen molar-refractivity contribution in [2.24, 2.45) is 0 Å². The van der Waals surface area contributed by atoms with Crippen molar-refractivity contribution < 1.29 is 18.0 Å². The number of hydrogen-bond acceptors (Lipinski definition) is 4. The SMILES string of the molecule is CCC(CC)N(C)C(=O)c1cccc(S(=O)(=O)N2CCN(C(C)=O)CC2)c1. The molecule has 1 aliphatic heterocycles. The number of rotatable bonds is 6. The van der Waals surface area contributed by atoms with E-state index in [1.165, 1.54) is 23.4 Å². The van der Waals surface area contributed by atoms with E-state index in [0.717, 1.165) is 12.8 Å². The van der Waals surface area contributed by atoms with Crippen molar-refractivity contribution >= 4 is 21.8 Å². The number of carbonyl (C=O) groups is 2. The molecule has 1 aromatic carbocycles. The maximum absolute atomic E-state index is 13.0. The number of piperazine rings is 1. The van der Waals surface area contributed by atoms with E-state index in [0.29, 0.717) is 18.7 Å². The molecule has 0 aromatic heterocycles. The van der Waals surface area contributed by atoms with Gasteiger partial charge in [-0.15, -0.1) is 0 Å². The molecule has 1 saturated heterocycles. The van der Waals surface area contributed by atoms with Crippen LogP contribution < -0.4 is 0 Å². The van der Waals surface area contributed by atoms with Gasteiger partial charge in [-0.1, -0.05) is 19.9 Å². The number of sulfonamides is 1. The van der Waals surface area contributed by atoms with Gasteiger partial charge in [0.1, 0.15) is 0 Å². The minimum atomic E-state index is -3.70. The van der Waals surface area contributed by atoms with Gasteiger partial charge in [0.2, 0.25) is 15.9 Å². The van der Waals surface area contributed by atoms with Gasteiger partial charge >= 0.3 is 0 Å². The third-order valence-electron chi connectivity index (χ3n) is 5.21. The molecule has 0 N–H and O–H groups in total. The molecule has 1 aliphatic rings. The zero-order valence-electron chi connectivity index (χ0n) is 16.5. The molecule has 7 nitrogen and oxygen atoms in total. The van der Waals surface area contributed by atoms with Gasteiger partial charge in [0.15, 0.2) is 0 Å². The van der Waals surface area contributed by atoms with Crippen molar-refractivity contribution in [1.29, 1.82) is 0 Å². The van der Waals surface area contributed by atoms with Crippen LogP contribution >= 0.6 is 0 Å². The molecule has 150 valence electrons. The summed E-state index contributed by atoms with van der Waals surface area (Å²) in [5.41, 5.74) is 0.368. The summed E-state index contributed by atoms with van der Waals surface area (Å²) in [6, 6.07) is 6.34. The van der Waals surface area contributed by atoms with E-state index in [1.807, 2.05) is 13.8 Å². The molecule has 0 bridgehead atoms. The molecule has 0 radical (unpaired) electrons. The molecule has 0 saturated carbocycles. The Hall–Kier alpha value is -1.93. The predicted molar refractivity (Wildman–Crippen MR) is 104 cm³/mol. The van der Waals surface area contributed by atoms with Gasteiger partial charge < -0.3 is 9.80 Å². The highest BCUT2D eigenvalue weighted by Gasteiger charge is 2.30. The third-order valence-corrected chi connectivity index (χ3v) is 7.11. The first-order chi connectivity index (χ1) is 12.7. The van der Waals surface area contributed by atoms with Crippen LogP contribution in [0.5, 0.6) is 0 Å². The van der Waals surface area contributed by atoms with Crippen LogP contribution in [-0.4, -0.2) is 73.6 Å². The standard InChI is InChI=1S/C19H29N3O4S/c1-5-17(6-2)20(4)19(24)16-8-7-9-18(14-16)27(25,26)22-12-10-21(11-13-22)15(3)23/h7-9,14,17H,5-6,10-13H2,1-4H3. The highest BCUT2D eigenvalue weighted by molar-refractivity contribution is 7.89. The lowest BCUT2D eigenvalue weighted by Gasteiger charge is -2.33. The Kier molecular flexibility index (Phi) is 7.00. The Morgan fingerprint density at radius 3 is 2.22 bits per heavy atom. The summed E-state index contributed by atoms with van der Waals surface area (Å²) in [4.78, 5) is 27.6. The van der Waals surface area contributed by atoms with Crippen molar-refractivity contribution in [2.75, 3.05) is 33.2 Å². The van der Waals surface area contributed by atoms with Crippen LogP contribution in [0.1, 0.15) is 44.0 Å². The number of benzene rings is 1. The van der Waals surface area contributed by atoms with Crippen LogP contribution in [0.4, 0.5) is 0 Å². The lowest BCUT2D eigenvalue weighted by Crippen LogP contribution is -2.49. The van der Waals surface area contributed by atoms with Gasteiger partial charge in [0.05, 0.1) is 4.90 Å². The molecular weight excluding hydrogens is 366 g/mol. The first-order valence-electron chi connectivity index (χ1n) is 9.35. The number of nitrogens with zero attached hydrogens (tertiary/aromatic N) is 3. The Labute approximate surface area is 162 Å². The van der Waals surface area contributed by atoms with Gasteiger partial charge in [-0.05, 0) is 31.0 Å². The molecule has 0 atom stereocenters. The second-order valence-corrected chi connectivity index (χ2v) is 8.76. The normalized spacial score (nSPS) is 15.8. The van der Waals surface area contributed by atoms with E-state index in [4.69, 9.17) is 0 Å². The van der Waals surface area contributed by atoms with Crippen LogP contribution in [0.3, 0.4) is 0 Å². The smallest absolute Gasteiger partial charge is 0.253 e. The highest BCUT2D eigenvalue weighted by Crippen LogP contribution is 2.20. The number of hydrogen-bond donors (Lipinski definition) is 0. The summed E-state index contributed by atoms with van der Waals surface area (Å²) in [7, 11) is -1.95. The number of amides is 2. The second kappa shape index (κ2) is 8.84. The van der Waals surface area contributed by atoms with Crippen LogP contribution in [0.2, 0.25) is 0 Å². The van der Waals surface area contributed by atoms with Crippen molar-refractivity contribution in [3.63, 3.8) is 0 Å². The van der Waals surface area contributed by atoms with Gasteiger partial charge in [-0.25, -0.2) is 8.42 Å². The predicted octanol–water partition coefficient (Wildman–Crippen LogP) is 1.80. The molecule has 2 amide bonds. The van der Waals surface area contributed by atoms with Gasteiger partial charge in [-0.3, -0.25) is 9.59 Å². The monoisotopic (exact) mass is 395 g/mol. The fourth-order valence-corrected chi connectivity index (χ4v) is 4.86. The Balaban J connectivity index is 2.21. The van der Waals surface area contributed by atoms with Gasteiger partial charge in [-0.2, -0.15) is 4.31 Å². The van der Waals surface area contributed by atoms with E-state index in [-0.39, 0.29) is 35.8 Å². The van der Waals surface area contributed by atoms with E-state index >= 15 is 0 Å². The lowest BCUT2D eigenvalue weighted by atomic mass is 10.1. The Morgan fingerprint density at radius 1 is 1.11 bits per heavy atom. The molecule has 8 heteroatoms. The Bertz CT molecular complexity index is 782. The van der Waals surface area contributed by atoms with Crippen molar-refractivity contribution in [2.45, 2.75) is 44.6 Å². The lowest BCUT2D eigenvalue weighted by molar-refractivity contribution is -0.129. The van der Waals surface area contributed by atoms with E-state index in [1.54, 1.807) is 29.0 Å². The van der Waals surface area contributed by atoms with Crippen molar-refractivity contribution in [3.8, 4) is 0 Å². The minimum absolute atomic E-state index is 0.0518. The summed E-state index contributed by atoms with van der Waals surface area (Å²) >= 11 is 0. The molecule has 0 unspecified atom stereocenters. The molecule has 1 aromatic rings. The average molecular weight is 396 g/mol. The molecule has 1 heterocycles. The summed E-state index contributed by atoms with van der Waals surface area (Å²) in [5, 5.41) is 0. The van der Waals surface area contributed by atoms with Crippen molar-refractivity contribution in [3.05, 3.63) is 29.8 Å². The molecule has 27 heavy (non-hydrogen) atoms. The van der Waals surface area contributed by atoms with Crippen LogP contribution in [0.15, 0.2) is 29.2 Å². The van der Waals surface area contributed by atoms with Crippen LogP contribution in [0, 0.1) is 0 Å². The fourth-order valence-electron chi connectivity index (χ4n) is 3.39. The summed E-state index contributed by atoms with van der Waals surface area (Å²) in [6.07, 6.45) is 1.69. The van der Waals surface area contributed by atoms with Crippen LogP contribution in [-0.2, 0) is 14.8 Å². The second-order valence-electron chi connectivity index (χ2n) is 6.82. The maximum atomic E-state index is 13.0. The minimum Gasteiger partial charge on any atom is -0.340 e. The zero-order chi connectivity index (χ0) is 20.2. The molecule has 2 rings (SSSR count). The van der Waals surface area contributed by atoms with Crippen LogP contribution in [0.25, 0.3) is 0 Å². The fraction of sp³-hybridized carbons (Fsp3) is 0.579.